The molecule has 6 N–H and O–H groups in total. The van der Waals surface area contributed by atoms with E-state index in [1.165, 1.54) is 6.92 Å². The summed E-state index contributed by atoms with van der Waals surface area (Å²) < 4.78 is 5.47. The number of nitrogens with zero attached hydrogens (tertiary/aromatic N) is 4. The topological polar surface area (TPSA) is 194 Å². The summed E-state index contributed by atoms with van der Waals surface area (Å²) in [5.41, 5.74) is 8.40. The molecule has 0 bridgehead atoms. The molecule has 0 radical (unpaired) electrons. The molecule has 0 aromatic carbocycles. The van der Waals surface area contributed by atoms with Crippen molar-refractivity contribution >= 4 is 17.9 Å². The van der Waals surface area contributed by atoms with Gasteiger partial charge in [0.2, 0.25) is 11.9 Å². The minimum Gasteiger partial charge on any atom is -0.462 e. The van der Waals surface area contributed by atoms with Gasteiger partial charge in [-0.3, -0.25) is 9.97 Å². The van der Waals surface area contributed by atoms with Gasteiger partial charge in [0.15, 0.2) is 6.17 Å². The molecule has 2 heterocycles. The Morgan fingerprint density at radius 2 is 1.88 bits per heavy atom. The highest BCUT2D eigenvalue weighted by Gasteiger charge is 2.29. The van der Waals surface area contributed by atoms with E-state index in [9.17, 15) is 19.2 Å². The third-order valence-corrected chi connectivity index (χ3v) is 3.03. The molecule has 25 heavy (non-hydrogen) atoms. The number of esters is 1. The molecule has 1 aromatic heterocycles. The number of hydrogen-bond acceptors (Lipinski definition) is 10. The van der Waals surface area contributed by atoms with Crippen molar-refractivity contribution in [3.8, 4) is 0 Å². The van der Waals surface area contributed by atoms with Crippen LogP contribution in [0.1, 0.15) is 13.3 Å². The van der Waals surface area contributed by atoms with E-state index in [-0.39, 0.29) is 30.5 Å². The lowest BCUT2D eigenvalue weighted by Gasteiger charge is -2.31. The molecule has 1 aromatic rings. The van der Waals surface area contributed by atoms with Crippen LogP contribution >= 0.6 is 0 Å². The lowest BCUT2D eigenvalue weighted by molar-refractivity contribution is -0.139. The molecule has 134 valence electrons. The van der Waals surface area contributed by atoms with Crippen molar-refractivity contribution in [1.29, 1.82) is 0 Å². The lowest BCUT2D eigenvalue weighted by atomic mass is 10.3. The number of hydrogen-bond donors (Lipinski definition) is 4. The number of rotatable bonds is 5. The maximum absolute atomic E-state index is 12.0. The van der Waals surface area contributed by atoms with E-state index in [2.05, 4.69) is 16.6 Å². The fourth-order valence-corrected chi connectivity index (χ4v) is 1.98. The van der Waals surface area contributed by atoms with Crippen molar-refractivity contribution in [2.45, 2.75) is 19.5 Å². The molecule has 0 saturated carbocycles. The minimum atomic E-state index is -1.05. The molecule has 0 saturated heterocycles. The number of ether oxygens (including phenoxy) is 1. The Morgan fingerprint density at radius 3 is 2.44 bits per heavy atom. The van der Waals surface area contributed by atoms with Crippen LogP contribution in [0.4, 0.5) is 0 Å². The number of carbonyl (C=O) groups is 1. The van der Waals surface area contributed by atoms with Crippen molar-refractivity contribution in [3.05, 3.63) is 43.6 Å². The molecule has 13 heteroatoms. The van der Waals surface area contributed by atoms with Crippen LogP contribution in [0.15, 0.2) is 36.5 Å². The molecular formula is C12H16N8O5. The Labute approximate surface area is 139 Å². The maximum Gasteiger partial charge on any atom is 0.353 e. The molecule has 1 aliphatic rings. The zero-order valence-electron chi connectivity index (χ0n) is 13.2. The predicted molar refractivity (Wildman–Crippen MR) is 87.6 cm³/mol. The molecule has 1 atom stereocenters. The van der Waals surface area contributed by atoms with E-state index in [1.54, 1.807) is 0 Å². The van der Waals surface area contributed by atoms with Gasteiger partial charge in [-0.25, -0.2) is 29.2 Å². The van der Waals surface area contributed by atoms with Gasteiger partial charge in [0.25, 0.3) is 0 Å². The van der Waals surface area contributed by atoms with Crippen LogP contribution < -0.4 is 33.5 Å². The third-order valence-electron chi connectivity index (χ3n) is 3.03. The number of aromatic nitrogens is 3. The van der Waals surface area contributed by atoms with E-state index in [4.69, 9.17) is 16.2 Å². The van der Waals surface area contributed by atoms with Crippen LogP contribution in [-0.2, 0) is 9.53 Å². The van der Waals surface area contributed by atoms with Gasteiger partial charge in [0.1, 0.15) is 0 Å². The van der Waals surface area contributed by atoms with Crippen molar-refractivity contribution < 1.29 is 9.53 Å². The van der Waals surface area contributed by atoms with Crippen LogP contribution in [0.5, 0.6) is 0 Å². The first-order valence-corrected chi connectivity index (χ1v) is 6.96. The largest absolute Gasteiger partial charge is 0.462 e. The maximum atomic E-state index is 12.0. The summed E-state index contributed by atoms with van der Waals surface area (Å²) in [5, 5.41) is 0.933. The zero-order valence-corrected chi connectivity index (χ0v) is 13.2. The Bertz CT molecular complexity index is 902. The van der Waals surface area contributed by atoms with E-state index >= 15 is 0 Å². The molecule has 0 aliphatic carbocycles. The minimum absolute atomic E-state index is 0.0287. The standard InChI is InChI=1S/C12H16N8O5/c1-5(2)7(21)25-4-3-6-15-8(13)16-9(14)19(6)20-11(23)17-10(22)18-12(20)24/h6H,1,3-4H2,2H3,(H4,13,14,15,16)(H2,17,18,22,23,24). The summed E-state index contributed by atoms with van der Waals surface area (Å²) in [6.45, 7) is 4.81. The van der Waals surface area contributed by atoms with Crippen LogP contribution in [0, 0.1) is 0 Å². The Morgan fingerprint density at radius 1 is 1.28 bits per heavy atom. The fraction of sp³-hybridized carbons (Fsp3) is 0.333. The van der Waals surface area contributed by atoms with E-state index in [0.717, 1.165) is 5.01 Å². The lowest BCUT2D eigenvalue weighted by Crippen LogP contribution is -2.63. The molecule has 1 unspecified atom stereocenters. The zero-order chi connectivity index (χ0) is 18.7. The van der Waals surface area contributed by atoms with Gasteiger partial charge in [-0.05, 0) is 6.92 Å². The average Bonchev–Trinajstić information content (AvgIpc) is 2.48. The van der Waals surface area contributed by atoms with Gasteiger partial charge in [-0.15, -0.1) is 4.68 Å². The third kappa shape index (κ3) is 3.82. The highest BCUT2D eigenvalue weighted by Crippen LogP contribution is 2.08. The summed E-state index contributed by atoms with van der Waals surface area (Å²) in [6.07, 6.45) is -0.943. The smallest absolute Gasteiger partial charge is 0.353 e. The predicted octanol–water partition coefficient (Wildman–Crippen LogP) is -3.36. The summed E-state index contributed by atoms with van der Waals surface area (Å²) in [4.78, 5) is 57.9. The molecule has 13 nitrogen and oxygen atoms in total. The van der Waals surface area contributed by atoms with Crippen LogP contribution in [-0.4, -0.2) is 45.3 Å². The monoisotopic (exact) mass is 352 g/mol. The second kappa shape index (κ2) is 6.86. The second-order valence-electron chi connectivity index (χ2n) is 4.99. The van der Waals surface area contributed by atoms with Crippen molar-refractivity contribution in [2.24, 2.45) is 21.5 Å². The summed E-state index contributed by atoms with van der Waals surface area (Å²) >= 11 is 0. The van der Waals surface area contributed by atoms with E-state index in [0.29, 0.717) is 4.68 Å². The molecule has 0 amide bonds. The first-order chi connectivity index (χ1) is 11.7. The van der Waals surface area contributed by atoms with E-state index < -0.39 is 29.2 Å². The summed E-state index contributed by atoms with van der Waals surface area (Å²) in [5.74, 6) is -1.10. The Balaban J connectivity index is 2.34. The van der Waals surface area contributed by atoms with Gasteiger partial charge < -0.3 is 16.2 Å². The van der Waals surface area contributed by atoms with Crippen molar-refractivity contribution in [1.82, 2.24) is 14.6 Å². The fourth-order valence-electron chi connectivity index (χ4n) is 1.98. The Hall–Kier alpha value is -3.64. The van der Waals surface area contributed by atoms with Crippen LogP contribution in [0.25, 0.3) is 0 Å². The number of nitrogens with one attached hydrogen (secondary N) is 2. The molecule has 0 spiro atoms. The number of nitrogens with two attached hydrogens (primary N) is 2. The highest BCUT2D eigenvalue weighted by atomic mass is 16.5. The van der Waals surface area contributed by atoms with Crippen LogP contribution in [0.3, 0.4) is 0 Å². The number of H-pyrrole nitrogens is 2. The number of guanidine groups is 2. The SMILES string of the molecule is C=C(C)C(=O)OCCC1N=C(N)N=C(N)N1n1c(=O)[nH]c(=O)[nH]c1=O. The summed E-state index contributed by atoms with van der Waals surface area (Å²) in [7, 11) is 0. The quantitative estimate of drug-likeness (QED) is 0.311. The van der Waals surface area contributed by atoms with Gasteiger partial charge in [0, 0.05) is 12.0 Å². The normalized spacial score (nSPS) is 16.8. The van der Waals surface area contributed by atoms with Gasteiger partial charge >= 0.3 is 23.0 Å². The van der Waals surface area contributed by atoms with Gasteiger partial charge in [-0.2, -0.15) is 4.99 Å². The molecular weight excluding hydrogens is 336 g/mol. The summed E-state index contributed by atoms with van der Waals surface area (Å²) in [6, 6.07) is 0. The molecule has 1 aliphatic heterocycles. The first kappa shape index (κ1) is 17.7. The van der Waals surface area contributed by atoms with E-state index in [1.807, 2.05) is 9.97 Å². The molecule has 0 fully saturated rings. The van der Waals surface area contributed by atoms with Crippen molar-refractivity contribution in [2.75, 3.05) is 11.6 Å². The van der Waals surface area contributed by atoms with Gasteiger partial charge in [0.05, 0.1) is 6.61 Å². The number of aromatic amines is 2. The van der Waals surface area contributed by atoms with Crippen molar-refractivity contribution in [3.63, 3.8) is 0 Å². The van der Waals surface area contributed by atoms with Crippen LogP contribution in [0.2, 0.25) is 0 Å². The highest BCUT2D eigenvalue weighted by molar-refractivity contribution is 6.00. The van der Waals surface area contributed by atoms with Gasteiger partial charge in [-0.1, -0.05) is 6.58 Å². The Kier molecular flexibility index (Phi) is 4.86. The molecule has 2 rings (SSSR count). The number of aliphatic imine (C=N–C) groups is 2. The average molecular weight is 352 g/mol. The first-order valence-electron chi connectivity index (χ1n) is 6.96. The second-order valence-corrected chi connectivity index (χ2v) is 4.99. The number of carbonyl (C=O) groups excluding carboxylic acids is 1.